The number of halogens is 1. The fourth-order valence-electron chi connectivity index (χ4n) is 4.63. The molecule has 0 aliphatic heterocycles. The first-order chi connectivity index (χ1) is 17.4. The zero-order valence-electron chi connectivity index (χ0n) is 20.0. The second kappa shape index (κ2) is 10.5. The van der Waals surface area contributed by atoms with Crippen molar-refractivity contribution in [3.05, 3.63) is 47.5 Å². The Morgan fingerprint density at radius 3 is 2.35 bits per heavy atom. The van der Waals surface area contributed by atoms with Crippen molar-refractivity contribution in [1.29, 1.82) is 0 Å². The summed E-state index contributed by atoms with van der Waals surface area (Å²) in [5.74, 6) is -0.486. The van der Waals surface area contributed by atoms with Gasteiger partial charge in [0, 0.05) is 18.7 Å². The number of phenols is 1. The van der Waals surface area contributed by atoms with Crippen LogP contribution in [0.3, 0.4) is 0 Å². The number of benzene rings is 3. The van der Waals surface area contributed by atoms with Gasteiger partial charge in [0.1, 0.15) is 17.1 Å². The number of fused-ring (bicyclic) bond motifs is 1. The lowest BCUT2D eigenvalue weighted by molar-refractivity contribution is 0.261. The van der Waals surface area contributed by atoms with Gasteiger partial charge in [-0.15, -0.1) is 10.2 Å². The molecule has 4 rings (SSSR count). The monoisotopic (exact) mass is 566 g/mol. The lowest BCUT2D eigenvalue weighted by atomic mass is 9.95. The van der Waals surface area contributed by atoms with Crippen molar-refractivity contribution in [3.8, 4) is 5.75 Å². The number of anilines is 1. The quantitative estimate of drug-likeness (QED) is 0.185. The fraction of sp³-hybridized carbons (Fsp3) is 0.333. The lowest BCUT2D eigenvalue weighted by Crippen LogP contribution is -2.41. The van der Waals surface area contributed by atoms with E-state index in [0.29, 0.717) is 6.54 Å². The maximum atomic E-state index is 13.5. The minimum absolute atomic E-state index is 0.0265. The Hall–Kier alpha value is -2.77. The number of azo groups is 1. The van der Waals surface area contributed by atoms with Gasteiger partial charge in [0.25, 0.3) is 10.1 Å². The van der Waals surface area contributed by atoms with E-state index in [4.69, 9.17) is 17.3 Å². The number of hydrogen-bond acceptors (Lipinski definition) is 8. The maximum absolute atomic E-state index is 13.5. The number of rotatable bonds is 7. The Morgan fingerprint density at radius 2 is 1.70 bits per heavy atom. The molecule has 1 saturated carbocycles. The summed E-state index contributed by atoms with van der Waals surface area (Å²) in [5.41, 5.74) is 6.28. The first-order valence-electron chi connectivity index (χ1n) is 11.7. The molecule has 1 aliphatic rings. The van der Waals surface area contributed by atoms with E-state index in [0.717, 1.165) is 44.2 Å². The topological polar surface area (TPSA) is 163 Å². The molecule has 4 N–H and O–H groups in total. The van der Waals surface area contributed by atoms with E-state index in [2.05, 4.69) is 10.2 Å². The molecule has 0 aromatic heterocycles. The van der Waals surface area contributed by atoms with Gasteiger partial charge in [0.15, 0.2) is 0 Å². The number of hydrogen-bond donors (Lipinski definition) is 3. The number of nitrogens with zero attached hydrogens (tertiary/aromatic N) is 3. The van der Waals surface area contributed by atoms with Crippen molar-refractivity contribution in [2.45, 2.75) is 54.9 Å². The zero-order valence-corrected chi connectivity index (χ0v) is 22.4. The van der Waals surface area contributed by atoms with E-state index in [9.17, 15) is 26.5 Å². The number of sulfonamides is 1. The maximum Gasteiger partial charge on any atom is 0.294 e. The highest BCUT2D eigenvalue weighted by Gasteiger charge is 2.31. The van der Waals surface area contributed by atoms with Crippen LogP contribution in [0.2, 0.25) is 5.02 Å². The molecule has 1 aliphatic carbocycles. The summed E-state index contributed by atoms with van der Waals surface area (Å²) >= 11 is 6.30. The Balaban J connectivity index is 1.75. The first kappa shape index (κ1) is 27.3. The Labute approximate surface area is 220 Å². The molecule has 13 heteroatoms. The van der Waals surface area contributed by atoms with Crippen LogP contribution in [0.25, 0.3) is 10.8 Å². The number of phenolic OH excluding ortho intramolecular Hbond substituents is 1. The first-order valence-corrected chi connectivity index (χ1v) is 14.9. The molecule has 198 valence electrons. The van der Waals surface area contributed by atoms with Crippen LogP contribution in [0.15, 0.2) is 62.5 Å². The number of aromatic hydroxyl groups is 1. The summed E-state index contributed by atoms with van der Waals surface area (Å²) in [5, 5.41) is 19.2. The third kappa shape index (κ3) is 5.58. The van der Waals surface area contributed by atoms with Crippen molar-refractivity contribution in [3.63, 3.8) is 0 Å². The van der Waals surface area contributed by atoms with Crippen LogP contribution in [-0.4, -0.2) is 43.4 Å². The van der Waals surface area contributed by atoms with Crippen molar-refractivity contribution < 1.29 is 26.5 Å². The van der Waals surface area contributed by atoms with Crippen LogP contribution in [0.1, 0.15) is 39.0 Å². The van der Waals surface area contributed by atoms with Crippen LogP contribution in [0, 0.1) is 0 Å². The highest BCUT2D eigenvalue weighted by Crippen LogP contribution is 2.41. The van der Waals surface area contributed by atoms with Gasteiger partial charge >= 0.3 is 0 Å². The van der Waals surface area contributed by atoms with Crippen LogP contribution in [-0.2, 0) is 20.1 Å². The highest BCUT2D eigenvalue weighted by atomic mass is 35.5. The van der Waals surface area contributed by atoms with E-state index >= 15 is 0 Å². The molecule has 0 heterocycles. The minimum atomic E-state index is -4.56. The summed E-state index contributed by atoms with van der Waals surface area (Å²) in [6.45, 7) is 2.15. The van der Waals surface area contributed by atoms with Crippen molar-refractivity contribution in [1.82, 2.24) is 4.31 Å². The normalized spacial score (nSPS) is 15.7. The zero-order chi connectivity index (χ0) is 27.0. The van der Waals surface area contributed by atoms with Crippen LogP contribution in [0.4, 0.5) is 17.1 Å². The third-order valence-electron chi connectivity index (χ3n) is 6.45. The fourth-order valence-corrected chi connectivity index (χ4v) is 7.04. The van der Waals surface area contributed by atoms with E-state index < -0.39 is 30.8 Å². The standard InChI is InChI=1S/C24H27ClN4O6S2/c1-2-29(16-6-4-3-5-7-16)36(31,32)17-9-10-19(25)21(13-17)27-28-24-20(26)11-8-15-12-18(37(33,34)35)14-22(30)23(15)24/h8-14,16,30H,2-7,26H2,1H3,(H,33,34,35)/b28-27+. The molecule has 0 radical (unpaired) electrons. The molecule has 3 aromatic rings. The summed E-state index contributed by atoms with van der Waals surface area (Å²) in [7, 11) is -8.37. The molecule has 10 nitrogen and oxygen atoms in total. The molecule has 37 heavy (non-hydrogen) atoms. The molecule has 0 unspecified atom stereocenters. The second-order valence-electron chi connectivity index (χ2n) is 8.83. The number of nitrogen functional groups attached to an aromatic ring is 1. The molecule has 0 spiro atoms. The van der Waals surface area contributed by atoms with E-state index in [-0.39, 0.29) is 43.8 Å². The second-order valence-corrected chi connectivity index (χ2v) is 12.6. The Morgan fingerprint density at radius 1 is 1.00 bits per heavy atom. The molecular weight excluding hydrogens is 540 g/mol. The average Bonchev–Trinajstić information content (AvgIpc) is 2.84. The molecular formula is C24H27ClN4O6S2. The molecule has 0 bridgehead atoms. The Bertz CT molecular complexity index is 1590. The third-order valence-corrected chi connectivity index (χ3v) is 9.62. The van der Waals surface area contributed by atoms with E-state index in [1.54, 1.807) is 0 Å². The van der Waals surface area contributed by atoms with E-state index in [1.807, 2.05) is 6.92 Å². The lowest BCUT2D eigenvalue weighted by Gasteiger charge is -2.32. The van der Waals surface area contributed by atoms with Crippen LogP contribution < -0.4 is 5.73 Å². The summed E-state index contributed by atoms with van der Waals surface area (Å²) in [4.78, 5) is -0.464. The summed E-state index contributed by atoms with van der Waals surface area (Å²) in [6.07, 6.45) is 4.71. The van der Waals surface area contributed by atoms with Crippen molar-refractivity contribution in [2.24, 2.45) is 10.2 Å². The SMILES string of the molecule is CCN(C1CCCCC1)S(=O)(=O)c1ccc(Cl)c(/N=N/c2c(N)ccc3cc(S(=O)(=O)O)cc(O)c23)c1. The van der Waals surface area contributed by atoms with Gasteiger partial charge in [0.05, 0.1) is 25.9 Å². The van der Waals surface area contributed by atoms with Crippen molar-refractivity contribution >= 4 is 59.6 Å². The molecule has 0 atom stereocenters. The molecule has 1 fully saturated rings. The van der Waals surface area contributed by atoms with E-state index in [1.165, 1.54) is 34.6 Å². The summed E-state index contributed by atoms with van der Waals surface area (Å²) in [6, 6.07) is 9.07. The minimum Gasteiger partial charge on any atom is -0.507 e. The highest BCUT2D eigenvalue weighted by molar-refractivity contribution is 7.89. The molecule has 0 amide bonds. The smallest absolute Gasteiger partial charge is 0.294 e. The van der Waals surface area contributed by atoms with Gasteiger partial charge in [-0.2, -0.15) is 12.7 Å². The predicted octanol–water partition coefficient (Wildman–Crippen LogP) is 5.79. The van der Waals surface area contributed by atoms with Crippen molar-refractivity contribution in [2.75, 3.05) is 12.3 Å². The van der Waals surface area contributed by atoms with Gasteiger partial charge < -0.3 is 10.8 Å². The summed E-state index contributed by atoms with van der Waals surface area (Å²) < 4.78 is 60.9. The van der Waals surface area contributed by atoms with Crippen LogP contribution in [0.5, 0.6) is 5.75 Å². The molecule has 0 saturated heterocycles. The van der Waals surface area contributed by atoms with Gasteiger partial charge in [-0.05, 0) is 48.6 Å². The largest absolute Gasteiger partial charge is 0.507 e. The van der Waals surface area contributed by atoms with Gasteiger partial charge in [0.2, 0.25) is 10.0 Å². The number of nitrogens with two attached hydrogens (primary N) is 1. The van der Waals surface area contributed by atoms with Gasteiger partial charge in [-0.3, -0.25) is 4.55 Å². The van der Waals surface area contributed by atoms with Gasteiger partial charge in [-0.25, -0.2) is 8.42 Å². The predicted molar refractivity (Wildman–Crippen MR) is 142 cm³/mol. The average molecular weight is 567 g/mol. The van der Waals surface area contributed by atoms with Crippen LogP contribution >= 0.6 is 11.6 Å². The molecule has 3 aromatic carbocycles. The Kier molecular flexibility index (Phi) is 7.77. The van der Waals surface area contributed by atoms with Gasteiger partial charge in [-0.1, -0.05) is 43.9 Å².